The summed E-state index contributed by atoms with van der Waals surface area (Å²) in [7, 11) is 1.36. The Morgan fingerprint density at radius 1 is 1.38 bits per heavy atom. The predicted molar refractivity (Wildman–Crippen MR) is 67.1 cm³/mol. The summed E-state index contributed by atoms with van der Waals surface area (Å²) < 4.78 is 5.81. The molecule has 2 aromatic rings. The molecule has 2 rings (SSSR count). The Kier molecular flexibility index (Phi) is 2.59. The number of hydrogen-bond acceptors (Lipinski definition) is 4. The number of esters is 1. The van der Waals surface area contributed by atoms with Gasteiger partial charge in [0, 0.05) is 15.3 Å². The predicted octanol–water partition coefficient (Wildman–Crippen LogP) is 2.89. The zero-order valence-corrected chi connectivity index (χ0v) is 10.3. The van der Waals surface area contributed by atoms with E-state index in [-0.39, 0.29) is 5.97 Å². The van der Waals surface area contributed by atoms with Crippen molar-refractivity contribution < 1.29 is 9.53 Å². The lowest BCUT2D eigenvalue weighted by atomic mass is 10.1. The van der Waals surface area contributed by atoms with Gasteiger partial charge in [0.2, 0.25) is 0 Å². The van der Waals surface area contributed by atoms with Crippen LogP contribution in [0.4, 0.5) is 5.69 Å². The Hall–Kier alpha value is -1.55. The largest absolute Gasteiger partial charge is 0.465 e. The zero-order chi connectivity index (χ0) is 11.9. The molecule has 1 aromatic carbocycles. The second kappa shape index (κ2) is 3.79. The van der Waals surface area contributed by atoms with Crippen molar-refractivity contribution in [3.05, 3.63) is 28.1 Å². The normalized spacial score (nSPS) is 10.7. The van der Waals surface area contributed by atoms with Gasteiger partial charge in [-0.05, 0) is 36.9 Å². The third kappa shape index (κ3) is 1.55. The first-order valence-corrected chi connectivity index (χ1v) is 5.73. The summed E-state index contributed by atoms with van der Waals surface area (Å²) in [6, 6.07) is 3.65. The van der Waals surface area contributed by atoms with E-state index in [4.69, 9.17) is 10.5 Å². The van der Waals surface area contributed by atoms with E-state index in [2.05, 4.69) is 6.92 Å². The SMILES string of the molecule is COC(=O)c1cc2c(C)c(C)sc2cc1N. The molecule has 0 radical (unpaired) electrons. The van der Waals surface area contributed by atoms with Crippen LogP contribution in [0.5, 0.6) is 0 Å². The van der Waals surface area contributed by atoms with Crippen LogP contribution in [0.3, 0.4) is 0 Å². The molecule has 84 valence electrons. The van der Waals surface area contributed by atoms with E-state index in [1.165, 1.54) is 17.6 Å². The third-order valence-corrected chi connectivity index (χ3v) is 3.92. The number of thiophene rings is 1. The average Bonchev–Trinajstić information content (AvgIpc) is 2.52. The molecule has 0 aliphatic carbocycles. The summed E-state index contributed by atoms with van der Waals surface area (Å²) in [4.78, 5) is 12.7. The zero-order valence-electron chi connectivity index (χ0n) is 9.46. The van der Waals surface area contributed by atoms with Gasteiger partial charge in [-0.3, -0.25) is 0 Å². The summed E-state index contributed by atoms with van der Waals surface area (Å²) in [6.45, 7) is 4.11. The molecule has 4 heteroatoms. The molecule has 0 saturated heterocycles. The molecule has 0 aliphatic rings. The molecule has 0 spiro atoms. The van der Waals surface area contributed by atoms with Crippen molar-refractivity contribution in [3.63, 3.8) is 0 Å². The summed E-state index contributed by atoms with van der Waals surface area (Å²) in [5.74, 6) is -0.386. The number of nitrogens with two attached hydrogens (primary N) is 1. The van der Waals surface area contributed by atoms with Crippen molar-refractivity contribution in [2.75, 3.05) is 12.8 Å². The van der Waals surface area contributed by atoms with Crippen molar-refractivity contribution in [2.45, 2.75) is 13.8 Å². The van der Waals surface area contributed by atoms with Crippen molar-refractivity contribution >= 4 is 33.1 Å². The number of rotatable bonds is 1. The number of carbonyl (C=O) groups is 1. The van der Waals surface area contributed by atoms with Gasteiger partial charge in [0.1, 0.15) is 0 Å². The first kappa shape index (κ1) is 11.0. The van der Waals surface area contributed by atoms with Crippen molar-refractivity contribution in [1.29, 1.82) is 0 Å². The number of benzene rings is 1. The summed E-state index contributed by atoms with van der Waals surface area (Å²) in [5.41, 5.74) is 7.94. The molecule has 2 N–H and O–H groups in total. The Labute approximate surface area is 97.8 Å². The Bertz CT molecular complexity index is 572. The van der Waals surface area contributed by atoms with E-state index in [9.17, 15) is 4.79 Å². The lowest BCUT2D eigenvalue weighted by Gasteiger charge is -2.04. The van der Waals surface area contributed by atoms with Gasteiger partial charge in [-0.2, -0.15) is 0 Å². The van der Waals surface area contributed by atoms with Gasteiger partial charge in [0.15, 0.2) is 0 Å². The fraction of sp³-hybridized carbons (Fsp3) is 0.250. The fourth-order valence-corrected chi connectivity index (χ4v) is 2.79. The van der Waals surface area contributed by atoms with Crippen LogP contribution in [0.2, 0.25) is 0 Å². The lowest BCUT2D eigenvalue weighted by Crippen LogP contribution is -2.05. The minimum atomic E-state index is -0.386. The van der Waals surface area contributed by atoms with E-state index >= 15 is 0 Å². The molecular weight excluding hydrogens is 222 g/mol. The van der Waals surface area contributed by atoms with Crippen molar-refractivity contribution in [2.24, 2.45) is 0 Å². The molecular formula is C12H13NO2S. The van der Waals surface area contributed by atoms with Gasteiger partial charge in [-0.15, -0.1) is 11.3 Å². The molecule has 0 bridgehead atoms. The molecule has 0 amide bonds. The van der Waals surface area contributed by atoms with E-state index < -0.39 is 0 Å². The van der Waals surface area contributed by atoms with Gasteiger partial charge in [-0.1, -0.05) is 0 Å². The molecule has 1 aromatic heterocycles. The number of ether oxygens (including phenoxy) is 1. The van der Waals surface area contributed by atoms with Crippen molar-refractivity contribution in [3.8, 4) is 0 Å². The number of fused-ring (bicyclic) bond motifs is 1. The van der Waals surface area contributed by atoms with Crippen LogP contribution in [0, 0.1) is 13.8 Å². The van der Waals surface area contributed by atoms with Gasteiger partial charge in [0.05, 0.1) is 12.7 Å². The molecule has 0 unspecified atom stereocenters. The molecule has 3 nitrogen and oxygen atoms in total. The van der Waals surface area contributed by atoms with Crippen LogP contribution in [0.15, 0.2) is 12.1 Å². The number of carbonyl (C=O) groups excluding carboxylic acids is 1. The molecule has 0 aliphatic heterocycles. The maximum atomic E-state index is 11.5. The monoisotopic (exact) mass is 235 g/mol. The van der Waals surface area contributed by atoms with Crippen molar-refractivity contribution in [1.82, 2.24) is 0 Å². The van der Waals surface area contributed by atoms with Crippen LogP contribution >= 0.6 is 11.3 Å². The molecule has 0 atom stereocenters. The Morgan fingerprint density at radius 3 is 2.69 bits per heavy atom. The van der Waals surface area contributed by atoms with Gasteiger partial charge in [0.25, 0.3) is 0 Å². The molecule has 0 saturated carbocycles. The van der Waals surface area contributed by atoms with E-state index in [1.54, 1.807) is 11.3 Å². The molecule has 0 fully saturated rings. The van der Waals surface area contributed by atoms with E-state index in [0.29, 0.717) is 11.3 Å². The van der Waals surface area contributed by atoms with Crippen LogP contribution in [-0.4, -0.2) is 13.1 Å². The molecule has 1 heterocycles. The second-order valence-electron chi connectivity index (χ2n) is 3.71. The smallest absolute Gasteiger partial charge is 0.339 e. The highest BCUT2D eigenvalue weighted by molar-refractivity contribution is 7.19. The standard InChI is InChI=1S/C12H13NO2S/c1-6-7(2)16-11-5-10(13)9(4-8(6)11)12(14)15-3/h4-5H,13H2,1-3H3. The minimum Gasteiger partial charge on any atom is -0.465 e. The fourth-order valence-electron chi connectivity index (χ4n) is 1.69. The highest BCUT2D eigenvalue weighted by Crippen LogP contribution is 2.33. The quantitative estimate of drug-likeness (QED) is 0.610. The summed E-state index contributed by atoms with van der Waals surface area (Å²) >= 11 is 1.69. The van der Waals surface area contributed by atoms with Crippen LogP contribution in [0.1, 0.15) is 20.8 Å². The highest BCUT2D eigenvalue weighted by Gasteiger charge is 2.14. The number of hydrogen-bond donors (Lipinski definition) is 1. The van der Waals surface area contributed by atoms with Gasteiger partial charge in [-0.25, -0.2) is 4.79 Å². The lowest BCUT2D eigenvalue weighted by molar-refractivity contribution is 0.0602. The first-order chi connectivity index (χ1) is 7.54. The first-order valence-electron chi connectivity index (χ1n) is 4.92. The van der Waals surface area contributed by atoms with E-state index in [1.807, 2.05) is 19.1 Å². The van der Waals surface area contributed by atoms with E-state index in [0.717, 1.165) is 10.1 Å². The van der Waals surface area contributed by atoms with Crippen LogP contribution < -0.4 is 5.73 Å². The van der Waals surface area contributed by atoms with Gasteiger partial charge < -0.3 is 10.5 Å². The van der Waals surface area contributed by atoms with Crippen LogP contribution in [-0.2, 0) is 4.74 Å². The van der Waals surface area contributed by atoms with Gasteiger partial charge >= 0.3 is 5.97 Å². The third-order valence-electron chi connectivity index (χ3n) is 2.75. The number of aryl methyl sites for hydroxylation is 2. The average molecular weight is 235 g/mol. The molecule has 16 heavy (non-hydrogen) atoms. The Balaban J connectivity index is 2.73. The summed E-state index contributed by atoms with van der Waals surface area (Å²) in [6.07, 6.45) is 0. The minimum absolute atomic E-state index is 0.386. The maximum Gasteiger partial charge on any atom is 0.339 e. The van der Waals surface area contributed by atoms with Crippen LogP contribution in [0.25, 0.3) is 10.1 Å². The number of nitrogen functional groups attached to an aromatic ring is 1. The summed E-state index contributed by atoms with van der Waals surface area (Å²) in [5, 5.41) is 1.08. The highest BCUT2D eigenvalue weighted by atomic mass is 32.1. The second-order valence-corrected chi connectivity index (χ2v) is 4.97. The Morgan fingerprint density at radius 2 is 2.06 bits per heavy atom. The number of anilines is 1. The maximum absolute atomic E-state index is 11.5. The topological polar surface area (TPSA) is 52.3 Å². The number of methoxy groups -OCH3 is 1.